The van der Waals surface area contributed by atoms with Crippen molar-refractivity contribution in [1.82, 2.24) is 4.90 Å². The molecule has 1 saturated carbocycles. The number of nitrogens with one attached hydrogen (secondary N) is 1. The molecule has 4 heteroatoms. The summed E-state index contributed by atoms with van der Waals surface area (Å²) >= 11 is 0. The van der Waals surface area contributed by atoms with Gasteiger partial charge in [0.05, 0.1) is 12.0 Å². The molecule has 2 atom stereocenters. The van der Waals surface area contributed by atoms with Crippen LogP contribution in [0.2, 0.25) is 0 Å². The number of anilines is 1. The first-order chi connectivity index (χ1) is 9.47. The van der Waals surface area contributed by atoms with E-state index in [2.05, 4.69) is 16.3 Å². The van der Waals surface area contributed by atoms with Gasteiger partial charge in [0.1, 0.15) is 0 Å². The molecule has 2 N–H and O–H groups in total. The van der Waals surface area contributed by atoms with Gasteiger partial charge in [-0.3, -0.25) is 4.79 Å². The van der Waals surface area contributed by atoms with Gasteiger partial charge in [-0.2, -0.15) is 0 Å². The van der Waals surface area contributed by atoms with Gasteiger partial charge in [0, 0.05) is 12.2 Å². The highest BCUT2D eigenvalue weighted by Crippen LogP contribution is 2.27. The number of aliphatic hydroxyl groups excluding tert-OH is 1. The number of aryl methyl sites for hydroxylation is 1. The molecular formula is C16H24N2O2. The van der Waals surface area contributed by atoms with Crippen molar-refractivity contribution in [3.63, 3.8) is 0 Å². The predicted octanol–water partition coefficient (Wildman–Crippen LogP) is 2.16. The first-order valence-corrected chi connectivity index (χ1v) is 7.20. The second-order valence-corrected chi connectivity index (χ2v) is 5.99. The third-order valence-corrected chi connectivity index (χ3v) is 3.82. The van der Waals surface area contributed by atoms with Crippen molar-refractivity contribution in [3.8, 4) is 0 Å². The maximum absolute atomic E-state index is 12.3. The molecule has 1 aliphatic carbocycles. The molecule has 20 heavy (non-hydrogen) atoms. The van der Waals surface area contributed by atoms with Crippen molar-refractivity contribution >= 4 is 11.6 Å². The summed E-state index contributed by atoms with van der Waals surface area (Å²) < 4.78 is 0. The summed E-state index contributed by atoms with van der Waals surface area (Å²) in [6.07, 6.45) is 1.95. The maximum Gasteiger partial charge on any atom is 0.230 e. The number of hydrogen-bond donors (Lipinski definition) is 2. The van der Waals surface area contributed by atoms with Crippen LogP contribution in [0.5, 0.6) is 0 Å². The van der Waals surface area contributed by atoms with Gasteiger partial charge in [0.2, 0.25) is 5.91 Å². The van der Waals surface area contributed by atoms with Gasteiger partial charge in [0.25, 0.3) is 0 Å². The molecule has 1 aromatic rings. The van der Waals surface area contributed by atoms with Crippen LogP contribution in [0, 0.1) is 12.8 Å². The lowest BCUT2D eigenvalue weighted by Crippen LogP contribution is -2.29. The van der Waals surface area contributed by atoms with Crippen LogP contribution in [0.15, 0.2) is 18.2 Å². The summed E-state index contributed by atoms with van der Waals surface area (Å²) in [6.45, 7) is 2.83. The summed E-state index contributed by atoms with van der Waals surface area (Å²) in [5.74, 6) is -0.317. The lowest BCUT2D eigenvalue weighted by Gasteiger charge is -2.18. The van der Waals surface area contributed by atoms with Gasteiger partial charge in [-0.15, -0.1) is 0 Å². The van der Waals surface area contributed by atoms with E-state index in [4.69, 9.17) is 0 Å². The lowest BCUT2D eigenvalue weighted by atomic mass is 10.0. The molecule has 0 bridgehead atoms. The van der Waals surface area contributed by atoms with Crippen molar-refractivity contribution in [2.45, 2.75) is 38.8 Å². The molecule has 0 heterocycles. The van der Waals surface area contributed by atoms with Crippen LogP contribution in [0.4, 0.5) is 5.69 Å². The zero-order valence-electron chi connectivity index (χ0n) is 12.5. The first-order valence-electron chi connectivity index (χ1n) is 7.20. The van der Waals surface area contributed by atoms with Crippen molar-refractivity contribution in [2.24, 2.45) is 5.92 Å². The quantitative estimate of drug-likeness (QED) is 0.886. The van der Waals surface area contributed by atoms with E-state index in [-0.39, 0.29) is 11.8 Å². The fourth-order valence-electron chi connectivity index (χ4n) is 2.79. The van der Waals surface area contributed by atoms with Gasteiger partial charge in [-0.05, 0) is 51.9 Å². The minimum Gasteiger partial charge on any atom is -0.392 e. The summed E-state index contributed by atoms with van der Waals surface area (Å²) in [5, 5.41) is 12.8. The third-order valence-electron chi connectivity index (χ3n) is 3.82. The average Bonchev–Trinajstić information content (AvgIpc) is 2.78. The molecule has 0 aliphatic heterocycles. The number of rotatable bonds is 4. The molecule has 0 aromatic heterocycles. The van der Waals surface area contributed by atoms with Crippen molar-refractivity contribution in [3.05, 3.63) is 29.3 Å². The molecule has 4 nitrogen and oxygen atoms in total. The number of carbonyl (C=O) groups excluding carboxylic acids is 1. The van der Waals surface area contributed by atoms with Crippen LogP contribution < -0.4 is 5.32 Å². The molecule has 1 fully saturated rings. The van der Waals surface area contributed by atoms with Crippen LogP contribution in [-0.4, -0.2) is 36.1 Å². The first kappa shape index (κ1) is 15.0. The Morgan fingerprint density at radius 3 is 2.75 bits per heavy atom. The minimum atomic E-state index is -0.488. The van der Waals surface area contributed by atoms with E-state index < -0.39 is 6.10 Å². The molecule has 0 radical (unpaired) electrons. The number of aliphatic hydroxyl groups is 1. The highest BCUT2D eigenvalue weighted by Gasteiger charge is 2.31. The fraction of sp³-hybridized carbons (Fsp3) is 0.562. The molecule has 1 aliphatic rings. The Hall–Kier alpha value is -1.39. The van der Waals surface area contributed by atoms with E-state index in [0.29, 0.717) is 0 Å². The fourth-order valence-corrected chi connectivity index (χ4v) is 2.79. The Morgan fingerprint density at radius 2 is 2.15 bits per heavy atom. The van der Waals surface area contributed by atoms with Crippen LogP contribution in [-0.2, 0) is 11.3 Å². The van der Waals surface area contributed by atoms with E-state index in [0.717, 1.165) is 37.1 Å². The Balaban J connectivity index is 2.13. The largest absolute Gasteiger partial charge is 0.392 e. The zero-order chi connectivity index (χ0) is 14.7. The molecule has 2 unspecified atom stereocenters. The van der Waals surface area contributed by atoms with Gasteiger partial charge in [-0.25, -0.2) is 0 Å². The summed E-state index contributed by atoms with van der Waals surface area (Å²) in [5.41, 5.74) is 3.14. The topological polar surface area (TPSA) is 52.6 Å². The van der Waals surface area contributed by atoms with E-state index in [1.807, 2.05) is 33.2 Å². The Kier molecular flexibility index (Phi) is 4.78. The van der Waals surface area contributed by atoms with Crippen LogP contribution in [0.1, 0.15) is 30.4 Å². The number of nitrogens with zero attached hydrogens (tertiary/aromatic N) is 1. The van der Waals surface area contributed by atoms with E-state index >= 15 is 0 Å². The second kappa shape index (κ2) is 6.37. The lowest BCUT2D eigenvalue weighted by molar-refractivity contribution is -0.122. The summed E-state index contributed by atoms with van der Waals surface area (Å²) in [7, 11) is 4.02. The third kappa shape index (κ3) is 3.58. The SMILES string of the molecule is Cc1ccc(NC(=O)C2CCCC2O)c(CN(C)C)c1. The summed E-state index contributed by atoms with van der Waals surface area (Å²) in [6, 6.07) is 6.05. The maximum atomic E-state index is 12.3. The molecule has 110 valence electrons. The van der Waals surface area contributed by atoms with Crippen LogP contribution in [0.3, 0.4) is 0 Å². The Bertz CT molecular complexity index is 485. The number of carbonyl (C=O) groups is 1. The average molecular weight is 276 g/mol. The normalized spacial score (nSPS) is 22.2. The monoisotopic (exact) mass is 276 g/mol. The van der Waals surface area contributed by atoms with Gasteiger partial charge in [-0.1, -0.05) is 17.7 Å². The zero-order valence-corrected chi connectivity index (χ0v) is 12.5. The number of benzene rings is 1. The Morgan fingerprint density at radius 1 is 1.40 bits per heavy atom. The van der Waals surface area contributed by atoms with Gasteiger partial charge in [0.15, 0.2) is 0 Å². The van der Waals surface area contributed by atoms with Crippen molar-refractivity contribution < 1.29 is 9.90 Å². The van der Waals surface area contributed by atoms with E-state index in [9.17, 15) is 9.90 Å². The minimum absolute atomic E-state index is 0.0566. The van der Waals surface area contributed by atoms with E-state index in [1.54, 1.807) is 0 Å². The predicted molar refractivity (Wildman–Crippen MR) is 80.5 cm³/mol. The highest BCUT2D eigenvalue weighted by atomic mass is 16.3. The summed E-state index contributed by atoms with van der Waals surface area (Å²) in [4.78, 5) is 14.3. The Labute approximate surface area is 120 Å². The smallest absolute Gasteiger partial charge is 0.230 e. The van der Waals surface area contributed by atoms with Crippen molar-refractivity contribution in [1.29, 1.82) is 0 Å². The number of amides is 1. The molecule has 2 rings (SSSR count). The van der Waals surface area contributed by atoms with Crippen molar-refractivity contribution in [2.75, 3.05) is 19.4 Å². The van der Waals surface area contributed by atoms with Gasteiger partial charge >= 0.3 is 0 Å². The molecule has 0 spiro atoms. The highest BCUT2D eigenvalue weighted by molar-refractivity contribution is 5.93. The van der Waals surface area contributed by atoms with Gasteiger partial charge < -0.3 is 15.3 Å². The molecule has 1 amide bonds. The molecule has 0 saturated heterocycles. The van der Waals surface area contributed by atoms with Crippen LogP contribution >= 0.6 is 0 Å². The van der Waals surface area contributed by atoms with E-state index in [1.165, 1.54) is 5.56 Å². The molecular weight excluding hydrogens is 252 g/mol. The second-order valence-electron chi connectivity index (χ2n) is 5.99. The van der Waals surface area contributed by atoms with Crippen LogP contribution in [0.25, 0.3) is 0 Å². The standard InChI is InChI=1S/C16H24N2O2/c1-11-7-8-14(12(9-11)10-18(2)3)17-16(20)13-5-4-6-15(13)19/h7-9,13,15,19H,4-6,10H2,1-3H3,(H,17,20). The number of hydrogen-bond acceptors (Lipinski definition) is 3. The molecule has 1 aromatic carbocycles.